The van der Waals surface area contributed by atoms with Crippen LogP contribution >= 0.6 is 0 Å². The molecule has 1 amide bonds. The summed E-state index contributed by atoms with van der Waals surface area (Å²) < 4.78 is 39.5. The van der Waals surface area contributed by atoms with Crippen LogP contribution in [0.5, 0.6) is 0 Å². The number of sulfonamides is 1. The zero-order valence-electron chi connectivity index (χ0n) is 16.0. The fourth-order valence-corrected chi connectivity index (χ4v) is 3.92. The van der Waals surface area contributed by atoms with E-state index < -0.39 is 10.0 Å². The van der Waals surface area contributed by atoms with Gasteiger partial charge in [-0.05, 0) is 35.9 Å². The molecule has 6 nitrogen and oxygen atoms in total. The number of rotatable bonds is 7. The summed E-state index contributed by atoms with van der Waals surface area (Å²) in [5, 5.41) is 1.11. The summed E-state index contributed by atoms with van der Waals surface area (Å²) in [6.07, 6.45) is 1.62. The van der Waals surface area contributed by atoms with Gasteiger partial charge in [-0.1, -0.05) is 30.3 Å². The van der Waals surface area contributed by atoms with Gasteiger partial charge in [-0.25, -0.2) is 17.5 Å². The van der Waals surface area contributed by atoms with Gasteiger partial charge in [0.05, 0.1) is 0 Å². The van der Waals surface area contributed by atoms with Crippen molar-refractivity contribution in [1.29, 1.82) is 0 Å². The van der Waals surface area contributed by atoms with Crippen LogP contribution in [0.3, 0.4) is 0 Å². The Hall–Kier alpha value is -2.71. The van der Waals surface area contributed by atoms with Crippen LogP contribution in [0.4, 0.5) is 10.1 Å². The van der Waals surface area contributed by atoms with Gasteiger partial charge in [0.25, 0.3) is 0 Å². The molecule has 1 fully saturated rings. The summed E-state index contributed by atoms with van der Waals surface area (Å²) in [6, 6.07) is 15.4. The molecular weight excluding hydrogens is 393 g/mol. The van der Waals surface area contributed by atoms with E-state index in [-0.39, 0.29) is 24.7 Å². The van der Waals surface area contributed by atoms with Gasteiger partial charge in [-0.3, -0.25) is 4.79 Å². The predicted octanol–water partition coefficient (Wildman–Crippen LogP) is 2.45. The molecule has 29 heavy (non-hydrogen) atoms. The third-order valence-electron chi connectivity index (χ3n) is 4.71. The summed E-state index contributed by atoms with van der Waals surface area (Å²) in [5.41, 5.74) is 1.71. The zero-order chi connectivity index (χ0) is 20.7. The van der Waals surface area contributed by atoms with E-state index in [2.05, 4.69) is 9.62 Å². The third kappa shape index (κ3) is 6.40. The van der Waals surface area contributed by atoms with Crippen molar-refractivity contribution in [3.8, 4) is 0 Å². The van der Waals surface area contributed by atoms with Crippen LogP contribution in [0.1, 0.15) is 12.0 Å². The number of carbonyl (C=O) groups is 1. The summed E-state index contributed by atoms with van der Waals surface area (Å²) >= 11 is 0. The van der Waals surface area contributed by atoms with E-state index in [9.17, 15) is 17.6 Å². The van der Waals surface area contributed by atoms with Crippen LogP contribution in [0.15, 0.2) is 60.0 Å². The minimum absolute atomic E-state index is 0.0540. The molecule has 1 saturated heterocycles. The highest BCUT2D eigenvalue weighted by Gasteiger charge is 2.21. The fraction of sp³-hybridized carbons (Fsp3) is 0.286. The quantitative estimate of drug-likeness (QED) is 0.751. The van der Waals surface area contributed by atoms with Crippen molar-refractivity contribution in [3.05, 3.63) is 71.4 Å². The Morgan fingerprint density at radius 2 is 1.66 bits per heavy atom. The number of carbonyl (C=O) groups excluding carboxylic acids is 1. The second-order valence-corrected chi connectivity index (χ2v) is 8.40. The van der Waals surface area contributed by atoms with Gasteiger partial charge >= 0.3 is 0 Å². The molecule has 1 N–H and O–H groups in total. The van der Waals surface area contributed by atoms with Crippen LogP contribution in [0.2, 0.25) is 0 Å². The number of nitrogens with one attached hydrogen (secondary N) is 1. The van der Waals surface area contributed by atoms with Crippen LogP contribution in [0.25, 0.3) is 6.08 Å². The molecule has 3 rings (SSSR count). The van der Waals surface area contributed by atoms with Gasteiger partial charge < -0.3 is 9.80 Å². The highest BCUT2D eigenvalue weighted by Crippen LogP contribution is 2.17. The van der Waals surface area contributed by atoms with E-state index in [4.69, 9.17) is 0 Å². The normalized spacial score (nSPS) is 15.1. The van der Waals surface area contributed by atoms with Gasteiger partial charge in [-0.2, -0.15) is 0 Å². The van der Waals surface area contributed by atoms with Gasteiger partial charge in [0.1, 0.15) is 5.82 Å². The maximum absolute atomic E-state index is 13.0. The maximum atomic E-state index is 13.0. The lowest BCUT2D eigenvalue weighted by molar-refractivity contribution is -0.131. The van der Waals surface area contributed by atoms with Crippen molar-refractivity contribution in [2.75, 3.05) is 37.6 Å². The van der Waals surface area contributed by atoms with E-state index in [1.54, 1.807) is 29.2 Å². The van der Waals surface area contributed by atoms with Gasteiger partial charge in [0.15, 0.2) is 0 Å². The lowest BCUT2D eigenvalue weighted by atomic mass is 10.2. The molecule has 0 aromatic heterocycles. The first-order valence-electron chi connectivity index (χ1n) is 9.44. The van der Waals surface area contributed by atoms with E-state index in [0.29, 0.717) is 26.2 Å². The second-order valence-electron chi connectivity index (χ2n) is 6.75. The average Bonchev–Trinajstić information content (AvgIpc) is 2.74. The molecule has 154 valence electrons. The standard InChI is InChI=1S/C21H24FN3O3S/c22-19-6-8-20(9-7-19)24-13-15-25(16-14-24)21(26)10-12-23-29(27,28)17-11-18-4-2-1-3-5-18/h1-9,11,17,23H,10,12-16H2/b17-11+. The van der Waals surface area contributed by atoms with E-state index in [1.165, 1.54) is 18.2 Å². The number of halogens is 1. The zero-order valence-corrected chi connectivity index (χ0v) is 16.8. The number of anilines is 1. The number of amides is 1. The molecule has 0 unspecified atom stereocenters. The topological polar surface area (TPSA) is 69.7 Å². The van der Waals surface area contributed by atoms with Crippen molar-refractivity contribution in [2.45, 2.75) is 6.42 Å². The average molecular weight is 418 g/mol. The summed E-state index contributed by atoms with van der Waals surface area (Å²) in [5.74, 6) is -0.359. The highest BCUT2D eigenvalue weighted by atomic mass is 32.2. The van der Waals surface area contributed by atoms with Crippen molar-refractivity contribution >= 4 is 27.7 Å². The molecule has 0 radical (unpaired) electrons. The van der Waals surface area contributed by atoms with Crippen molar-refractivity contribution < 1.29 is 17.6 Å². The number of nitrogens with zero attached hydrogens (tertiary/aromatic N) is 2. The van der Waals surface area contributed by atoms with Crippen LogP contribution in [0, 0.1) is 5.82 Å². The smallest absolute Gasteiger partial charge is 0.233 e. The molecule has 2 aromatic carbocycles. The van der Waals surface area contributed by atoms with E-state index >= 15 is 0 Å². The Labute approximate surface area is 170 Å². The molecule has 0 aliphatic carbocycles. The Kier molecular flexibility index (Phi) is 7.00. The van der Waals surface area contributed by atoms with Gasteiger partial charge in [0, 0.05) is 50.2 Å². The van der Waals surface area contributed by atoms with Crippen molar-refractivity contribution in [1.82, 2.24) is 9.62 Å². The predicted molar refractivity (Wildman–Crippen MR) is 112 cm³/mol. The molecule has 0 saturated carbocycles. The molecule has 0 bridgehead atoms. The number of hydrogen-bond acceptors (Lipinski definition) is 4. The summed E-state index contributed by atoms with van der Waals surface area (Å²) in [4.78, 5) is 16.2. The molecular formula is C21H24FN3O3S. The first kappa shape index (κ1) is 21.0. The van der Waals surface area contributed by atoms with Crippen LogP contribution in [-0.4, -0.2) is 51.9 Å². The summed E-state index contributed by atoms with van der Waals surface area (Å²) in [6.45, 7) is 2.47. The SMILES string of the molecule is O=C(CCNS(=O)(=O)/C=C/c1ccccc1)N1CCN(c2ccc(F)cc2)CC1. The summed E-state index contributed by atoms with van der Waals surface area (Å²) in [7, 11) is -3.59. The monoisotopic (exact) mass is 417 g/mol. The molecule has 1 aliphatic rings. The van der Waals surface area contributed by atoms with Crippen LogP contribution < -0.4 is 9.62 Å². The number of hydrogen-bond donors (Lipinski definition) is 1. The van der Waals surface area contributed by atoms with Gasteiger partial charge in [0.2, 0.25) is 15.9 Å². The molecule has 0 spiro atoms. The molecule has 2 aromatic rings. The lowest BCUT2D eigenvalue weighted by Crippen LogP contribution is -2.49. The second kappa shape index (κ2) is 9.67. The van der Waals surface area contributed by atoms with Crippen molar-refractivity contribution in [2.24, 2.45) is 0 Å². The van der Waals surface area contributed by atoms with E-state index in [0.717, 1.165) is 16.7 Å². The lowest BCUT2D eigenvalue weighted by Gasteiger charge is -2.36. The van der Waals surface area contributed by atoms with Crippen LogP contribution in [-0.2, 0) is 14.8 Å². The minimum atomic E-state index is -3.59. The van der Waals surface area contributed by atoms with Crippen molar-refractivity contribution in [3.63, 3.8) is 0 Å². The molecule has 1 heterocycles. The van der Waals surface area contributed by atoms with E-state index in [1.807, 2.05) is 18.2 Å². The Bertz CT molecular complexity index is 939. The largest absolute Gasteiger partial charge is 0.368 e. The van der Waals surface area contributed by atoms with Gasteiger partial charge in [-0.15, -0.1) is 0 Å². The number of piperazine rings is 1. The Balaban J connectivity index is 1.42. The molecule has 1 aliphatic heterocycles. The Morgan fingerprint density at radius 3 is 2.31 bits per heavy atom. The molecule has 8 heteroatoms. The molecule has 0 atom stereocenters. The minimum Gasteiger partial charge on any atom is -0.368 e. The first-order valence-corrected chi connectivity index (χ1v) is 11.0. The number of benzene rings is 2. The maximum Gasteiger partial charge on any atom is 0.233 e. The Morgan fingerprint density at radius 1 is 1.00 bits per heavy atom. The fourth-order valence-electron chi connectivity index (χ4n) is 3.10. The first-order chi connectivity index (χ1) is 13.9. The third-order valence-corrected chi connectivity index (χ3v) is 5.81. The highest BCUT2D eigenvalue weighted by molar-refractivity contribution is 7.92.